The van der Waals surface area contributed by atoms with Gasteiger partial charge in [-0.3, -0.25) is 0 Å². The van der Waals surface area contributed by atoms with Crippen LogP contribution in [0.5, 0.6) is 0 Å². The van der Waals surface area contributed by atoms with E-state index in [1.54, 1.807) is 0 Å². The van der Waals surface area contributed by atoms with E-state index in [4.69, 9.17) is 0 Å². The van der Waals surface area contributed by atoms with Crippen molar-refractivity contribution in [2.45, 2.75) is 117 Å². The normalized spacial score (nSPS) is 17.7. The van der Waals surface area contributed by atoms with Gasteiger partial charge in [-0.15, -0.1) is 0 Å². The van der Waals surface area contributed by atoms with Crippen LogP contribution in [0.3, 0.4) is 0 Å². The molecule has 0 unspecified atom stereocenters. The topological polar surface area (TPSA) is 12.0 Å². The monoisotopic (exact) mass is 309 g/mol. The van der Waals surface area contributed by atoms with E-state index in [2.05, 4.69) is 19.2 Å². The van der Waals surface area contributed by atoms with E-state index >= 15 is 0 Å². The summed E-state index contributed by atoms with van der Waals surface area (Å²) in [6.45, 7) is 7.16. The molecule has 1 saturated heterocycles. The van der Waals surface area contributed by atoms with Crippen LogP contribution in [-0.2, 0) is 0 Å². The molecule has 1 aliphatic heterocycles. The molecule has 22 heavy (non-hydrogen) atoms. The molecular weight excluding hydrogens is 266 g/mol. The van der Waals surface area contributed by atoms with Gasteiger partial charge in [-0.2, -0.15) is 0 Å². The fourth-order valence-corrected chi connectivity index (χ4v) is 4.14. The summed E-state index contributed by atoms with van der Waals surface area (Å²) in [5.41, 5.74) is 0.709. The van der Waals surface area contributed by atoms with E-state index in [1.165, 1.54) is 116 Å². The van der Waals surface area contributed by atoms with Gasteiger partial charge < -0.3 is 5.32 Å². The maximum absolute atomic E-state index is 3.58. The fourth-order valence-electron chi connectivity index (χ4n) is 4.14. The van der Waals surface area contributed by atoms with Crippen molar-refractivity contribution in [3.8, 4) is 0 Å². The van der Waals surface area contributed by atoms with Crippen molar-refractivity contribution in [2.24, 2.45) is 5.41 Å². The summed E-state index contributed by atoms with van der Waals surface area (Å²) < 4.78 is 0. The minimum Gasteiger partial charge on any atom is -0.317 e. The minimum absolute atomic E-state index is 0.709. The van der Waals surface area contributed by atoms with Crippen LogP contribution < -0.4 is 5.32 Å². The van der Waals surface area contributed by atoms with Crippen molar-refractivity contribution < 1.29 is 0 Å². The molecule has 0 aromatic rings. The molecule has 1 aliphatic rings. The molecule has 0 aromatic heterocycles. The van der Waals surface area contributed by atoms with Crippen LogP contribution >= 0.6 is 0 Å². The predicted octanol–water partition coefficient (Wildman–Crippen LogP) is 6.86. The summed E-state index contributed by atoms with van der Waals surface area (Å²) in [6.07, 6.45) is 23.3. The second kappa shape index (κ2) is 13.4. The summed E-state index contributed by atoms with van der Waals surface area (Å²) in [7, 11) is 0. The Morgan fingerprint density at radius 2 is 1.00 bits per heavy atom. The molecular formula is C21H43N. The van der Waals surface area contributed by atoms with Gasteiger partial charge in [-0.25, -0.2) is 0 Å². The SMILES string of the molecule is CCCCCCCCC1(CCCCCCCC)CCNCC1. The number of hydrogen-bond donors (Lipinski definition) is 1. The molecule has 0 spiro atoms. The number of rotatable bonds is 14. The molecule has 0 saturated carbocycles. The van der Waals surface area contributed by atoms with Crippen molar-refractivity contribution >= 4 is 0 Å². The average molecular weight is 310 g/mol. The molecule has 1 rings (SSSR count). The predicted molar refractivity (Wildman–Crippen MR) is 101 cm³/mol. The first-order valence-electron chi connectivity index (χ1n) is 10.5. The Morgan fingerprint density at radius 3 is 1.45 bits per heavy atom. The van der Waals surface area contributed by atoms with E-state index in [0.717, 1.165) is 0 Å². The third kappa shape index (κ3) is 9.18. The van der Waals surface area contributed by atoms with Crippen molar-refractivity contribution in [3.05, 3.63) is 0 Å². The number of piperidine rings is 1. The molecule has 0 aromatic carbocycles. The lowest BCUT2D eigenvalue weighted by atomic mass is 9.71. The van der Waals surface area contributed by atoms with Crippen LogP contribution in [0.25, 0.3) is 0 Å². The average Bonchev–Trinajstić information content (AvgIpc) is 2.55. The summed E-state index contributed by atoms with van der Waals surface area (Å²) in [5.74, 6) is 0. The van der Waals surface area contributed by atoms with E-state index in [1.807, 2.05) is 0 Å². The zero-order valence-corrected chi connectivity index (χ0v) is 15.7. The molecule has 1 nitrogen and oxygen atoms in total. The van der Waals surface area contributed by atoms with Gasteiger partial charge in [0.1, 0.15) is 0 Å². The second-order valence-electron chi connectivity index (χ2n) is 7.79. The lowest BCUT2D eigenvalue weighted by molar-refractivity contribution is 0.157. The summed E-state index contributed by atoms with van der Waals surface area (Å²) in [4.78, 5) is 0. The standard InChI is InChI=1S/C21H43N/c1-3-5-7-9-11-13-15-21(17-19-22-20-18-21)16-14-12-10-8-6-4-2/h22H,3-20H2,1-2H3. The van der Waals surface area contributed by atoms with Gasteiger partial charge in [0.25, 0.3) is 0 Å². The third-order valence-corrected chi connectivity index (χ3v) is 5.79. The van der Waals surface area contributed by atoms with E-state index in [-0.39, 0.29) is 0 Å². The van der Waals surface area contributed by atoms with Gasteiger partial charge in [-0.1, -0.05) is 90.9 Å². The summed E-state index contributed by atoms with van der Waals surface area (Å²) >= 11 is 0. The molecule has 0 radical (unpaired) electrons. The Balaban J connectivity index is 2.17. The highest BCUT2D eigenvalue weighted by Crippen LogP contribution is 2.39. The van der Waals surface area contributed by atoms with Crippen LogP contribution in [0.4, 0.5) is 0 Å². The summed E-state index contributed by atoms with van der Waals surface area (Å²) in [5, 5.41) is 3.58. The number of unbranched alkanes of at least 4 members (excludes halogenated alkanes) is 10. The largest absolute Gasteiger partial charge is 0.317 e. The first-order valence-corrected chi connectivity index (χ1v) is 10.5. The van der Waals surface area contributed by atoms with Crippen LogP contribution in [0, 0.1) is 5.41 Å². The molecule has 1 heteroatoms. The lowest BCUT2D eigenvalue weighted by Crippen LogP contribution is -2.36. The number of nitrogens with one attached hydrogen (secondary N) is 1. The smallest absolute Gasteiger partial charge is 0.00436 e. The molecule has 1 fully saturated rings. The van der Waals surface area contributed by atoms with Crippen LogP contribution in [-0.4, -0.2) is 13.1 Å². The first-order chi connectivity index (χ1) is 10.8. The molecule has 132 valence electrons. The van der Waals surface area contributed by atoms with Gasteiger partial charge in [0, 0.05) is 0 Å². The Hall–Kier alpha value is -0.0400. The molecule has 0 amide bonds. The zero-order valence-electron chi connectivity index (χ0n) is 15.7. The van der Waals surface area contributed by atoms with Gasteiger partial charge in [-0.05, 0) is 44.2 Å². The maximum atomic E-state index is 3.58. The van der Waals surface area contributed by atoms with E-state index in [0.29, 0.717) is 5.41 Å². The second-order valence-corrected chi connectivity index (χ2v) is 7.79. The van der Waals surface area contributed by atoms with Gasteiger partial charge in [0.05, 0.1) is 0 Å². The molecule has 0 bridgehead atoms. The van der Waals surface area contributed by atoms with Crippen LogP contribution in [0.2, 0.25) is 0 Å². The number of hydrogen-bond acceptors (Lipinski definition) is 1. The van der Waals surface area contributed by atoms with Gasteiger partial charge in [0.2, 0.25) is 0 Å². The van der Waals surface area contributed by atoms with Crippen molar-refractivity contribution in [3.63, 3.8) is 0 Å². The highest BCUT2D eigenvalue weighted by Gasteiger charge is 2.30. The van der Waals surface area contributed by atoms with Crippen molar-refractivity contribution in [1.82, 2.24) is 5.32 Å². The van der Waals surface area contributed by atoms with E-state index in [9.17, 15) is 0 Å². The van der Waals surface area contributed by atoms with Crippen LogP contribution in [0.15, 0.2) is 0 Å². The van der Waals surface area contributed by atoms with Crippen molar-refractivity contribution in [2.75, 3.05) is 13.1 Å². The zero-order chi connectivity index (χ0) is 15.9. The van der Waals surface area contributed by atoms with E-state index < -0.39 is 0 Å². The van der Waals surface area contributed by atoms with Crippen molar-refractivity contribution in [1.29, 1.82) is 0 Å². The molecule has 1 heterocycles. The Morgan fingerprint density at radius 1 is 0.591 bits per heavy atom. The quantitative estimate of drug-likeness (QED) is 0.346. The Kier molecular flexibility index (Phi) is 12.2. The van der Waals surface area contributed by atoms with Crippen LogP contribution in [0.1, 0.15) is 117 Å². The highest BCUT2D eigenvalue weighted by atomic mass is 14.9. The summed E-state index contributed by atoms with van der Waals surface area (Å²) in [6, 6.07) is 0. The highest BCUT2D eigenvalue weighted by molar-refractivity contribution is 4.84. The molecule has 0 aliphatic carbocycles. The first kappa shape index (κ1) is 20.0. The molecule has 1 N–H and O–H groups in total. The fraction of sp³-hybridized carbons (Fsp3) is 1.00. The Bertz CT molecular complexity index is 212. The minimum atomic E-state index is 0.709. The van der Waals surface area contributed by atoms with Gasteiger partial charge >= 0.3 is 0 Å². The molecule has 0 atom stereocenters. The van der Waals surface area contributed by atoms with Gasteiger partial charge in [0.15, 0.2) is 0 Å². The lowest BCUT2D eigenvalue weighted by Gasteiger charge is -2.38. The third-order valence-electron chi connectivity index (χ3n) is 5.79. The maximum Gasteiger partial charge on any atom is -0.00436 e. The Labute approximate surface area is 141 Å².